The molecule has 0 aliphatic carbocycles. The number of rotatable bonds is 9. The van der Waals surface area contributed by atoms with E-state index in [0.717, 1.165) is 0 Å². The highest BCUT2D eigenvalue weighted by Gasteiger charge is 2.38. The van der Waals surface area contributed by atoms with Crippen LogP contribution in [0.2, 0.25) is 0 Å². The van der Waals surface area contributed by atoms with E-state index in [0.29, 0.717) is 44.3 Å². The number of amides is 2. The van der Waals surface area contributed by atoms with Gasteiger partial charge in [-0.15, -0.1) is 4.40 Å². The maximum atomic E-state index is 13.1. The second-order valence-corrected chi connectivity index (χ2v) is 13.5. The predicted octanol–water partition coefficient (Wildman–Crippen LogP) is 1.97. The second kappa shape index (κ2) is 13.5. The summed E-state index contributed by atoms with van der Waals surface area (Å²) >= 11 is -1.94. The molecule has 14 nitrogen and oxygen atoms in total. The van der Waals surface area contributed by atoms with Crippen molar-refractivity contribution in [2.24, 2.45) is 4.40 Å². The Morgan fingerprint density at radius 3 is 1.68 bits per heavy atom. The summed E-state index contributed by atoms with van der Waals surface area (Å²) in [6.07, 6.45) is 2.31. The van der Waals surface area contributed by atoms with Crippen molar-refractivity contribution < 1.29 is 46.6 Å². The van der Waals surface area contributed by atoms with E-state index in [-0.39, 0.29) is 30.5 Å². The van der Waals surface area contributed by atoms with Gasteiger partial charge in [-0.2, -0.15) is 4.28 Å². The first-order chi connectivity index (χ1) is 20.6. The molecule has 1 N–H and O–H groups in total. The predicted molar refractivity (Wildman–Crippen MR) is 157 cm³/mol. The first-order valence-corrected chi connectivity index (χ1v) is 15.5. The van der Waals surface area contributed by atoms with Gasteiger partial charge in [-0.1, -0.05) is 0 Å². The van der Waals surface area contributed by atoms with Crippen LogP contribution in [-0.2, 0) is 44.2 Å². The van der Waals surface area contributed by atoms with Crippen LogP contribution >= 0.6 is 0 Å². The molecule has 0 spiro atoms. The van der Waals surface area contributed by atoms with Crippen LogP contribution < -0.4 is 15.0 Å². The zero-order valence-corrected chi connectivity index (χ0v) is 26.7. The van der Waals surface area contributed by atoms with Gasteiger partial charge in [0.1, 0.15) is 34.8 Å². The molecular formula is C29H40N4O10S. The highest BCUT2D eigenvalue weighted by atomic mass is 32.2. The van der Waals surface area contributed by atoms with Crippen LogP contribution in [0.25, 0.3) is 0 Å². The zero-order valence-electron chi connectivity index (χ0n) is 25.9. The number of benzene rings is 1. The molecule has 44 heavy (non-hydrogen) atoms. The van der Waals surface area contributed by atoms with Crippen molar-refractivity contribution in [1.82, 2.24) is 15.3 Å². The Hall–Kier alpha value is -3.72. The molecule has 1 aromatic rings. The fourth-order valence-corrected chi connectivity index (χ4v) is 5.47. The van der Waals surface area contributed by atoms with Crippen LogP contribution in [0.4, 0.5) is 0 Å². The number of hydrogen-bond acceptors (Lipinski definition) is 11. The normalized spacial score (nSPS) is 21.9. The van der Waals surface area contributed by atoms with Gasteiger partial charge in [0, 0.05) is 24.7 Å². The first kappa shape index (κ1) is 33.2. The number of esters is 2. The third-order valence-corrected chi connectivity index (χ3v) is 7.32. The Morgan fingerprint density at radius 2 is 1.30 bits per heavy atom. The Morgan fingerprint density at radius 1 is 0.841 bits per heavy atom. The molecule has 3 atom stereocenters. The molecule has 2 saturated heterocycles. The molecule has 15 heteroatoms. The van der Waals surface area contributed by atoms with Gasteiger partial charge in [-0.05, 0) is 79.4 Å². The summed E-state index contributed by atoms with van der Waals surface area (Å²) in [4.78, 5) is 54.4. The number of likely N-dealkylation sites (tertiary alicyclic amines) is 2. The minimum absolute atomic E-state index is 0.130. The monoisotopic (exact) mass is 636 g/mol. The molecule has 4 rings (SSSR count). The molecule has 0 saturated carbocycles. The lowest BCUT2D eigenvalue weighted by atomic mass is 10.1. The van der Waals surface area contributed by atoms with E-state index in [1.54, 1.807) is 41.5 Å². The molecule has 2 fully saturated rings. The maximum Gasteiger partial charge on any atom is 0.329 e. The van der Waals surface area contributed by atoms with Crippen LogP contribution in [0.1, 0.15) is 72.8 Å². The van der Waals surface area contributed by atoms with Crippen LogP contribution in [0.3, 0.4) is 0 Å². The molecule has 242 valence electrons. The third kappa shape index (κ3) is 8.91. The summed E-state index contributed by atoms with van der Waals surface area (Å²) in [7, 11) is 0. The van der Waals surface area contributed by atoms with Gasteiger partial charge < -0.3 is 28.7 Å². The average Bonchev–Trinajstić information content (AvgIpc) is 3.69. The molecule has 3 aliphatic heterocycles. The van der Waals surface area contributed by atoms with Crippen molar-refractivity contribution in [2.75, 3.05) is 26.3 Å². The summed E-state index contributed by atoms with van der Waals surface area (Å²) in [6.45, 7) is 10.6. The van der Waals surface area contributed by atoms with Gasteiger partial charge in [-0.25, -0.2) is 19.3 Å². The SMILES string of the molecule is CC(C)(C)OC(=O)[C@H]1CCCN1C(=O)COc1cc(OCC(=O)N2CCC[C@@H]2C(=O)OC(C)(C)C)cc(C2=NS(=O)ON2)c1. The molecule has 3 heterocycles. The van der Waals surface area contributed by atoms with Gasteiger partial charge >= 0.3 is 23.2 Å². The molecule has 0 bridgehead atoms. The number of nitrogens with zero attached hydrogens (tertiary/aromatic N) is 3. The number of carbonyl (C=O) groups is 4. The minimum Gasteiger partial charge on any atom is -0.484 e. The Labute approximate surface area is 259 Å². The van der Waals surface area contributed by atoms with Crippen LogP contribution in [-0.4, -0.2) is 93.2 Å². The first-order valence-electron chi connectivity index (χ1n) is 14.5. The second-order valence-electron chi connectivity index (χ2n) is 12.7. The number of carbonyl (C=O) groups excluding carboxylic acids is 4. The number of hydroxylamine groups is 1. The number of amidine groups is 1. The lowest BCUT2D eigenvalue weighted by Crippen LogP contribution is -2.45. The van der Waals surface area contributed by atoms with Gasteiger partial charge in [0.25, 0.3) is 11.8 Å². The topological polar surface area (TPSA) is 162 Å². The van der Waals surface area contributed by atoms with Crippen molar-refractivity contribution in [3.63, 3.8) is 0 Å². The van der Waals surface area contributed by atoms with E-state index in [9.17, 15) is 23.4 Å². The summed E-state index contributed by atoms with van der Waals surface area (Å²) in [5.74, 6) is -1.20. The summed E-state index contributed by atoms with van der Waals surface area (Å²) < 4.78 is 42.9. The molecule has 0 aromatic heterocycles. The molecule has 0 radical (unpaired) electrons. The zero-order chi connectivity index (χ0) is 32.2. The van der Waals surface area contributed by atoms with Gasteiger partial charge in [0.15, 0.2) is 19.0 Å². The van der Waals surface area contributed by atoms with Gasteiger partial charge in [0.05, 0.1) is 0 Å². The standard InChI is InChI=1S/C29H40N4O10S/c1-28(2,3)41-26(36)21-9-7-11-32(21)23(34)16-39-19-13-18(25-30-43-44(38)31-25)14-20(15-19)40-17-24(35)33-12-8-10-22(33)27(37)42-29(4,5)6/h13-15,21-22H,7-12,16-17H2,1-6H3,(H,30,31)/t21-,22-,44?/m1/s1. The summed E-state index contributed by atoms with van der Waals surface area (Å²) in [5.41, 5.74) is 1.46. The average molecular weight is 637 g/mol. The maximum absolute atomic E-state index is 13.1. The van der Waals surface area contributed by atoms with Gasteiger partial charge in [0.2, 0.25) is 0 Å². The minimum atomic E-state index is -1.94. The van der Waals surface area contributed by atoms with E-state index in [4.69, 9.17) is 23.2 Å². The van der Waals surface area contributed by atoms with Gasteiger partial charge in [-0.3, -0.25) is 9.59 Å². The number of hydrogen-bond donors (Lipinski definition) is 1. The lowest BCUT2D eigenvalue weighted by Gasteiger charge is -2.27. The van der Waals surface area contributed by atoms with E-state index < -0.39 is 58.3 Å². The lowest BCUT2D eigenvalue weighted by molar-refractivity contribution is -0.164. The van der Waals surface area contributed by atoms with Crippen molar-refractivity contribution >= 4 is 40.9 Å². The summed E-state index contributed by atoms with van der Waals surface area (Å²) in [6, 6.07) is 3.17. The molecule has 1 aromatic carbocycles. The quantitative estimate of drug-likeness (QED) is 0.395. The fourth-order valence-electron chi connectivity index (χ4n) is 4.99. The molecular weight excluding hydrogens is 596 g/mol. The van der Waals surface area contributed by atoms with Crippen LogP contribution in [0.15, 0.2) is 22.6 Å². The summed E-state index contributed by atoms with van der Waals surface area (Å²) in [5, 5.41) is 0. The third-order valence-electron chi connectivity index (χ3n) is 6.76. The van der Waals surface area contributed by atoms with Crippen molar-refractivity contribution in [2.45, 2.75) is 90.5 Å². The molecule has 1 unspecified atom stereocenters. The number of ether oxygens (including phenoxy) is 4. The largest absolute Gasteiger partial charge is 0.484 e. The Balaban J connectivity index is 1.44. The van der Waals surface area contributed by atoms with Crippen molar-refractivity contribution in [3.8, 4) is 11.5 Å². The van der Waals surface area contributed by atoms with E-state index in [2.05, 4.69) is 9.88 Å². The number of nitrogens with one attached hydrogen (secondary N) is 1. The molecule has 2 amide bonds. The Kier molecular flexibility index (Phi) is 10.2. The van der Waals surface area contributed by atoms with E-state index in [1.807, 2.05) is 0 Å². The van der Waals surface area contributed by atoms with Crippen molar-refractivity contribution in [3.05, 3.63) is 23.8 Å². The molecule has 3 aliphatic rings. The van der Waals surface area contributed by atoms with E-state index in [1.165, 1.54) is 28.0 Å². The highest BCUT2D eigenvalue weighted by Crippen LogP contribution is 2.27. The highest BCUT2D eigenvalue weighted by molar-refractivity contribution is 7.79. The fraction of sp³-hybridized carbons (Fsp3) is 0.621. The van der Waals surface area contributed by atoms with Crippen LogP contribution in [0.5, 0.6) is 11.5 Å². The Bertz CT molecular complexity index is 1260. The smallest absolute Gasteiger partial charge is 0.329 e. The van der Waals surface area contributed by atoms with Crippen molar-refractivity contribution in [1.29, 1.82) is 0 Å². The van der Waals surface area contributed by atoms with Crippen LogP contribution in [0, 0.1) is 0 Å². The van der Waals surface area contributed by atoms with E-state index >= 15 is 0 Å².